The zero-order chi connectivity index (χ0) is 12.8. The van der Waals surface area contributed by atoms with Crippen LogP contribution in [0.25, 0.3) is 0 Å². The molecule has 2 aromatic heterocycles. The maximum atomic E-state index is 11.6. The molecule has 1 N–H and O–H groups in total. The van der Waals surface area contributed by atoms with Crippen LogP contribution in [-0.4, -0.2) is 24.1 Å². The van der Waals surface area contributed by atoms with Crippen molar-refractivity contribution < 1.29 is 9.53 Å². The Balaban J connectivity index is 1.89. The van der Waals surface area contributed by atoms with Gasteiger partial charge in [-0.05, 0) is 35.7 Å². The SMILES string of the molecule is CCOC(=O)c1ncsc1NCCc1ccsc1. The number of esters is 1. The van der Waals surface area contributed by atoms with Crippen LogP contribution in [0, 0.1) is 0 Å². The van der Waals surface area contributed by atoms with E-state index < -0.39 is 0 Å². The highest BCUT2D eigenvalue weighted by Gasteiger charge is 2.15. The van der Waals surface area contributed by atoms with Crippen LogP contribution in [0.2, 0.25) is 0 Å². The summed E-state index contributed by atoms with van der Waals surface area (Å²) in [5.41, 5.74) is 3.33. The maximum Gasteiger partial charge on any atom is 0.360 e. The summed E-state index contributed by atoms with van der Waals surface area (Å²) in [6.07, 6.45) is 0.934. The third-order valence-electron chi connectivity index (χ3n) is 2.32. The van der Waals surface area contributed by atoms with E-state index in [0.29, 0.717) is 12.3 Å². The summed E-state index contributed by atoms with van der Waals surface area (Å²) in [6, 6.07) is 2.10. The van der Waals surface area contributed by atoms with Crippen molar-refractivity contribution in [2.24, 2.45) is 0 Å². The zero-order valence-corrected chi connectivity index (χ0v) is 11.6. The van der Waals surface area contributed by atoms with Crippen LogP contribution in [0.3, 0.4) is 0 Å². The molecule has 2 aromatic rings. The molecule has 0 bridgehead atoms. The maximum absolute atomic E-state index is 11.6. The molecule has 18 heavy (non-hydrogen) atoms. The van der Waals surface area contributed by atoms with E-state index in [1.54, 1.807) is 23.8 Å². The van der Waals surface area contributed by atoms with Crippen molar-refractivity contribution in [2.75, 3.05) is 18.5 Å². The van der Waals surface area contributed by atoms with E-state index >= 15 is 0 Å². The largest absolute Gasteiger partial charge is 0.461 e. The summed E-state index contributed by atoms with van der Waals surface area (Å²) >= 11 is 3.11. The van der Waals surface area contributed by atoms with Gasteiger partial charge in [0.25, 0.3) is 0 Å². The molecule has 96 valence electrons. The molecule has 2 rings (SSSR count). The van der Waals surface area contributed by atoms with Gasteiger partial charge in [0, 0.05) is 6.54 Å². The first-order chi connectivity index (χ1) is 8.81. The predicted molar refractivity (Wildman–Crippen MR) is 74.6 cm³/mol. The van der Waals surface area contributed by atoms with Crippen molar-refractivity contribution >= 4 is 33.6 Å². The Bertz CT molecular complexity index is 494. The van der Waals surface area contributed by atoms with Gasteiger partial charge in [0.1, 0.15) is 5.00 Å². The second-order valence-electron chi connectivity index (χ2n) is 3.56. The van der Waals surface area contributed by atoms with Crippen molar-refractivity contribution in [1.82, 2.24) is 4.98 Å². The molecule has 4 nitrogen and oxygen atoms in total. The first-order valence-electron chi connectivity index (χ1n) is 5.66. The third kappa shape index (κ3) is 3.30. The van der Waals surface area contributed by atoms with E-state index in [0.717, 1.165) is 18.0 Å². The van der Waals surface area contributed by atoms with E-state index in [4.69, 9.17) is 4.74 Å². The molecule has 0 atom stereocenters. The molecule has 0 aliphatic rings. The van der Waals surface area contributed by atoms with E-state index in [9.17, 15) is 4.79 Å². The second kappa shape index (κ2) is 6.51. The molecule has 0 spiro atoms. The number of thiazole rings is 1. The molecule has 0 aliphatic carbocycles. The molecule has 0 aliphatic heterocycles. The molecule has 6 heteroatoms. The normalized spacial score (nSPS) is 10.3. The summed E-state index contributed by atoms with van der Waals surface area (Å²) in [6.45, 7) is 2.93. The van der Waals surface area contributed by atoms with Gasteiger partial charge in [0.15, 0.2) is 5.69 Å². The molecule has 0 fully saturated rings. The van der Waals surface area contributed by atoms with Gasteiger partial charge in [-0.25, -0.2) is 9.78 Å². The van der Waals surface area contributed by atoms with E-state index in [-0.39, 0.29) is 5.97 Å². The fourth-order valence-corrected chi connectivity index (χ4v) is 2.87. The highest BCUT2D eigenvalue weighted by atomic mass is 32.1. The van der Waals surface area contributed by atoms with Crippen LogP contribution in [0.15, 0.2) is 22.3 Å². The summed E-state index contributed by atoms with van der Waals surface area (Å²) < 4.78 is 4.95. The summed E-state index contributed by atoms with van der Waals surface area (Å²) in [5.74, 6) is -0.364. The van der Waals surface area contributed by atoms with Crippen LogP contribution in [0.1, 0.15) is 23.0 Å². The number of anilines is 1. The van der Waals surface area contributed by atoms with E-state index in [1.165, 1.54) is 16.9 Å². The van der Waals surface area contributed by atoms with Crippen molar-refractivity contribution in [1.29, 1.82) is 0 Å². The van der Waals surface area contributed by atoms with Gasteiger partial charge in [0.05, 0.1) is 12.1 Å². The minimum absolute atomic E-state index is 0.364. The van der Waals surface area contributed by atoms with Gasteiger partial charge in [0.2, 0.25) is 0 Å². The third-order valence-corrected chi connectivity index (χ3v) is 3.83. The lowest BCUT2D eigenvalue weighted by Gasteiger charge is -2.05. The Morgan fingerprint density at radius 3 is 3.17 bits per heavy atom. The summed E-state index contributed by atoms with van der Waals surface area (Å²) in [5, 5.41) is 8.20. The summed E-state index contributed by atoms with van der Waals surface area (Å²) in [4.78, 5) is 15.6. The van der Waals surface area contributed by atoms with Crippen molar-refractivity contribution in [3.63, 3.8) is 0 Å². The molecule has 0 saturated carbocycles. The number of ether oxygens (including phenoxy) is 1. The van der Waals surface area contributed by atoms with Crippen LogP contribution in [0.5, 0.6) is 0 Å². The van der Waals surface area contributed by atoms with Crippen molar-refractivity contribution in [2.45, 2.75) is 13.3 Å². The molecule has 0 saturated heterocycles. The van der Waals surface area contributed by atoms with Gasteiger partial charge in [-0.2, -0.15) is 11.3 Å². The zero-order valence-electron chi connectivity index (χ0n) is 10.0. The number of nitrogens with one attached hydrogen (secondary N) is 1. The highest BCUT2D eigenvalue weighted by Crippen LogP contribution is 2.21. The molecular formula is C12H14N2O2S2. The Hall–Kier alpha value is -1.40. The first-order valence-corrected chi connectivity index (χ1v) is 7.49. The topological polar surface area (TPSA) is 51.2 Å². The quantitative estimate of drug-likeness (QED) is 0.827. The van der Waals surface area contributed by atoms with Crippen LogP contribution in [0.4, 0.5) is 5.00 Å². The fraction of sp³-hybridized carbons (Fsp3) is 0.333. The van der Waals surface area contributed by atoms with Crippen molar-refractivity contribution in [3.8, 4) is 0 Å². The molecule has 0 radical (unpaired) electrons. The minimum atomic E-state index is -0.364. The lowest BCUT2D eigenvalue weighted by Crippen LogP contribution is -2.10. The van der Waals surface area contributed by atoms with Crippen LogP contribution in [-0.2, 0) is 11.2 Å². The Labute approximate surface area is 114 Å². The molecule has 0 unspecified atom stereocenters. The number of rotatable bonds is 6. The minimum Gasteiger partial charge on any atom is -0.461 e. The predicted octanol–water partition coefficient (Wildman–Crippen LogP) is 3.04. The molecular weight excluding hydrogens is 268 g/mol. The second-order valence-corrected chi connectivity index (χ2v) is 5.19. The fourth-order valence-electron chi connectivity index (χ4n) is 1.47. The molecule has 2 heterocycles. The number of carbonyl (C=O) groups is 1. The van der Waals surface area contributed by atoms with Gasteiger partial charge in [-0.15, -0.1) is 11.3 Å². The lowest BCUT2D eigenvalue weighted by atomic mass is 10.2. The van der Waals surface area contributed by atoms with E-state index in [1.807, 2.05) is 0 Å². The van der Waals surface area contributed by atoms with Gasteiger partial charge < -0.3 is 10.1 Å². The number of nitrogens with zero attached hydrogens (tertiary/aromatic N) is 1. The van der Waals surface area contributed by atoms with Crippen LogP contribution < -0.4 is 5.32 Å². The first kappa shape index (κ1) is 13.0. The smallest absolute Gasteiger partial charge is 0.360 e. The Morgan fingerprint density at radius 2 is 2.44 bits per heavy atom. The summed E-state index contributed by atoms with van der Waals surface area (Å²) in [7, 11) is 0. The monoisotopic (exact) mass is 282 g/mol. The average molecular weight is 282 g/mol. The number of hydrogen-bond acceptors (Lipinski definition) is 6. The molecule has 0 aromatic carbocycles. The lowest BCUT2D eigenvalue weighted by molar-refractivity contribution is 0.0521. The molecule has 0 amide bonds. The number of hydrogen-bond donors (Lipinski definition) is 1. The Kier molecular flexibility index (Phi) is 4.72. The average Bonchev–Trinajstić information content (AvgIpc) is 3.00. The number of aromatic nitrogens is 1. The van der Waals surface area contributed by atoms with Gasteiger partial charge >= 0.3 is 5.97 Å². The number of thiophene rings is 1. The standard InChI is InChI=1S/C12H14N2O2S2/c1-2-16-12(15)10-11(18-8-14-10)13-5-3-9-4-6-17-7-9/h4,6-8,13H,2-3,5H2,1H3. The Morgan fingerprint density at radius 1 is 1.56 bits per heavy atom. The number of carbonyl (C=O) groups excluding carboxylic acids is 1. The van der Waals surface area contributed by atoms with Crippen molar-refractivity contribution in [3.05, 3.63) is 33.6 Å². The van der Waals surface area contributed by atoms with Crippen LogP contribution >= 0.6 is 22.7 Å². The van der Waals surface area contributed by atoms with E-state index in [2.05, 4.69) is 27.1 Å². The van der Waals surface area contributed by atoms with Gasteiger partial charge in [-0.3, -0.25) is 0 Å². The highest BCUT2D eigenvalue weighted by molar-refractivity contribution is 7.14. The van der Waals surface area contributed by atoms with Gasteiger partial charge in [-0.1, -0.05) is 0 Å².